The Bertz CT molecular complexity index is 769. The zero-order chi connectivity index (χ0) is 19.8. The predicted molar refractivity (Wildman–Crippen MR) is 106 cm³/mol. The van der Waals surface area contributed by atoms with E-state index in [0.717, 1.165) is 11.3 Å². The van der Waals surface area contributed by atoms with E-state index >= 15 is 0 Å². The molecule has 7 heteroatoms. The van der Waals surface area contributed by atoms with Gasteiger partial charge < -0.3 is 15.7 Å². The van der Waals surface area contributed by atoms with Gasteiger partial charge in [0.05, 0.1) is 18.3 Å². The van der Waals surface area contributed by atoms with Gasteiger partial charge in [-0.3, -0.25) is 9.48 Å². The topological polar surface area (TPSA) is 96.3 Å². The Morgan fingerprint density at radius 1 is 1.18 bits per heavy atom. The fraction of sp³-hybridized carbons (Fsp3) is 0.476. The maximum absolute atomic E-state index is 12.3. The Balaban J connectivity index is 1.50. The third-order valence-corrected chi connectivity index (χ3v) is 5.16. The van der Waals surface area contributed by atoms with Crippen LogP contribution in [0.1, 0.15) is 55.8 Å². The number of rotatable bonds is 9. The average Bonchev–Trinajstić information content (AvgIpc) is 3.37. The van der Waals surface area contributed by atoms with Crippen molar-refractivity contribution in [2.24, 2.45) is 0 Å². The number of nitrogens with one attached hydrogen (secondary N) is 2. The molecular formula is C21H28N4O3. The summed E-state index contributed by atoms with van der Waals surface area (Å²) in [5, 5.41) is 19.3. The van der Waals surface area contributed by atoms with E-state index in [1.807, 2.05) is 47.3 Å². The highest BCUT2D eigenvalue weighted by Gasteiger charge is 2.18. The van der Waals surface area contributed by atoms with Gasteiger partial charge in [-0.2, -0.15) is 5.10 Å². The molecule has 2 amide bonds. The molecule has 1 heterocycles. The summed E-state index contributed by atoms with van der Waals surface area (Å²) in [6.45, 7) is 0.350. The minimum absolute atomic E-state index is 0.0174. The molecule has 0 aliphatic heterocycles. The summed E-state index contributed by atoms with van der Waals surface area (Å²) in [4.78, 5) is 23.2. The molecule has 3 N–H and O–H groups in total. The highest BCUT2D eigenvalue weighted by molar-refractivity contribution is 5.74. The lowest BCUT2D eigenvalue weighted by Gasteiger charge is -2.18. The van der Waals surface area contributed by atoms with Crippen molar-refractivity contribution < 1.29 is 14.7 Å². The Hall–Kier alpha value is -2.83. The Morgan fingerprint density at radius 2 is 1.93 bits per heavy atom. The van der Waals surface area contributed by atoms with Crippen molar-refractivity contribution in [2.75, 3.05) is 0 Å². The second-order valence-electron chi connectivity index (χ2n) is 7.37. The van der Waals surface area contributed by atoms with E-state index < -0.39 is 5.97 Å². The molecule has 1 aliphatic carbocycles. The number of carboxylic acids is 1. The van der Waals surface area contributed by atoms with Crippen molar-refractivity contribution in [3.63, 3.8) is 0 Å². The number of amides is 2. The first-order valence-corrected chi connectivity index (χ1v) is 9.94. The predicted octanol–water partition coefficient (Wildman–Crippen LogP) is 3.27. The van der Waals surface area contributed by atoms with Gasteiger partial charge in [0.2, 0.25) is 0 Å². The Labute approximate surface area is 165 Å². The SMILES string of the molecule is O=C(O)CCC(Cc1ccccc1)NC(=O)NCc1ccn(C2CCCC2)n1. The van der Waals surface area contributed by atoms with Crippen molar-refractivity contribution in [3.8, 4) is 0 Å². The van der Waals surface area contributed by atoms with Crippen LogP contribution in [0.25, 0.3) is 0 Å². The fourth-order valence-electron chi connectivity index (χ4n) is 3.67. The highest BCUT2D eigenvalue weighted by atomic mass is 16.4. The number of carbonyl (C=O) groups is 2. The van der Waals surface area contributed by atoms with Crippen LogP contribution < -0.4 is 10.6 Å². The van der Waals surface area contributed by atoms with Crippen molar-refractivity contribution in [3.05, 3.63) is 53.9 Å². The normalized spacial score (nSPS) is 15.3. The van der Waals surface area contributed by atoms with Crippen molar-refractivity contribution in [1.29, 1.82) is 0 Å². The third-order valence-electron chi connectivity index (χ3n) is 5.16. The molecule has 28 heavy (non-hydrogen) atoms. The van der Waals surface area contributed by atoms with Crippen LogP contribution in [0.15, 0.2) is 42.6 Å². The molecular weight excluding hydrogens is 356 g/mol. The van der Waals surface area contributed by atoms with Gasteiger partial charge in [-0.05, 0) is 37.3 Å². The van der Waals surface area contributed by atoms with E-state index in [0.29, 0.717) is 25.4 Å². The molecule has 1 unspecified atom stereocenters. The van der Waals surface area contributed by atoms with Gasteiger partial charge in [-0.25, -0.2) is 4.79 Å². The minimum Gasteiger partial charge on any atom is -0.481 e. The van der Waals surface area contributed by atoms with Gasteiger partial charge in [-0.15, -0.1) is 0 Å². The van der Waals surface area contributed by atoms with Crippen LogP contribution in [0, 0.1) is 0 Å². The molecule has 1 atom stereocenters. The largest absolute Gasteiger partial charge is 0.481 e. The number of urea groups is 1. The molecule has 0 saturated heterocycles. The molecule has 3 rings (SSSR count). The lowest BCUT2D eigenvalue weighted by Crippen LogP contribution is -2.43. The summed E-state index contributed by atoms with van der Waals surface area (Å²) in [6.07, 6.45) is 7.81. The van der Waals surface area contributed by atoms with Crippen molar-refractivity contribution >= 4 is 12.0 Å². The summed E-state index contributed by atoms with van der Waals surface area (Å²) in [6, 6.07) is 11.6. The van der Waals surface area contributed by atoms with Crippen LogP contribution in [0.5, 0.6) is 0 Å². The lowest BCUT2D eigenvalue weighted by atomic mass is 10.0. The number of carboxylic acid groups (broad SMARTS) is 1. The molecule has 0 bridgehead atoms. The van der Waals surface area contributed by atoms with Gasteiger partial charge in [0.15, 0.2) is 0 Å². The van der Waals surface area contributed by atoms with Crippen LogP contribution in [-0.4, -0.2) is 32.9 Å². The summed E-state index contributed by atoms with van der Waals surface area (Å²) in [5.41, 5.74) is 1.89. The molecule has 0 spiro atoms. The molecule has 1 aliphatic rings. The van der Waals surface area contributed by atoms with Crippen LogP contribution in [-0.2, 0) is 17.8 Å². The second-order valence-corrected chi connectivity index (χ2v) is 7.37. The van der Waals surface area contributed by atoms with Crippen molar-refractivity contribution in [2.45, 2.75) is 63.6 Å². The highest BCUT2D eigenvalue weighted by Crippen LogP contribution is 2.28. The van der Waals surface area contributed by atoms with Crippen LogP contribution >= 0.6 is 0 Å². The number of carbonyl (C=O) groups excluding carboxylic acids is 1. The molecule has 0 radical (unpaired) electrons. The van der Waals surface area contributed by atoms with Gasteiger partial charge in [0, 0.05) is 18.7 Å². The zero-order valence-corrected chi connectivity index (χ0v) is 16.0. The second kappa shape index (κ2) is 9.92. The Kier molecular flexibility index (Phi) is 7.06. The van der Waals surface area contributed by atoms with E-state index in [-0.39, 0.29) is 18.5 Å². The molecule has 1 aromatic heterocycles. The number of hydrogen-bond acceptors (Lipinski definition) is 3. The summed E-state index contributed by atoms with van der Waals surface area (Å²) >= 11 is 0. The standard InChI is InChI=1S/C21H28N4O3/c26-20(27)11-10-17(14-16-6-2-1-3-7-16)23-21(28)22-15-18-12-13-25(24-18)19-8-4-5-9-19/h1-3,6-7,12-13,17,19H,4-5,8-11,14-15H2,(H,26,27)(H2,22,23,28). The van der Waals surface area contributed by atoms with E-state index in [1.54, 1.807) is 0 Å². The summed E-state index contributed by atoms with van der Waals surface area (Å²) < 4.78 is 2.01. The number of aliphatic carboxylic acids is 1. The van der Waals surface area contributed by atoms with Gasteiger partial charge in [-0.1, -0.05) is 43.2 Å². The summed E-state index contributed by atoms with van der Waals surface area (Å²) in [7, 11) is 0. The third kappa shape index (κ3) is 6.11. The van der Waals surface area contributed by atoms with E-state index in [1.165, 1.54) is 25.7 Å². The lowest BCUT2D eigenvalue weighted by molar-refractivity contribution is -0.137. The van der Waals surface area contributed by atoms with Gasteiger partial charge in [0.1, 0.15) is 0 Å². The minimum atomic E-state index is -0.863. The Morgan fingerprint density at radius 3 is 2.64 bits per heavy atom. The quantitative estimate of drug-likeness (QED) is 0.618. The monoisotopic (exact) mass is 384 g/mol. The fourth-order valence-corrected chi connectivity index (χ4v) is 3.67. The van der Waals surface area contributed by atoms with Crippen LogP contribution in [0.4, 0.5) is 4.79 Å². The molecule has 150 valence electrons. The average molecular weight is 384 g/mol. The first-order valence-electron chi connectivity index (χ1n) is 9.94. The van der Waals surface area contributed by atoms with Crippen LogP contribution in [0.2, 0.25) is 0 Å². The molecule has 1 saturated carbocycles. The molecule has 7 nitrogen and oxygen atoms in total. The van der Waals surface area contributed by atoms with E-state index in [4.69, 9.17) is 5.11 Å². The molecule has 1 fully saturated rings. The van der Waals surface area contributed by atoms with Gasteiger partial charge in [0.25, 0.3) is 0 Å². The first-order chi connectivity index (χ1) is 13.6. The van der Waals surface area contributed by atoms with Gasteiger partial charge >= 0.3 is 12.0 Å². The maximum Gasteiger partial charge on any atom is 0.315 e. The smallest absolute Gasteiger partial charge is 0.315 e. The zero-order valence-electron chi connectivity index (χ0n) is 16.0. The number of nitrogens with zero attached hydrogens (tertiary/aromatic N) is 2. The van der Waals surface area contributed by atoms with E-state index in [9.17, 15) is 9.59 Å². The maximum atomic E-state index is 12.3. The number of benzene rings is 1. The first kappa shape index (κ1) is 19.9. The molecule has 2 aromatic rings. The number of hydrogen-bond donors (Lipinski definition) is 3. The molecule has 1 aromatic carbocycles. The number of aromatic nitrogens is 2. The van der Waals surface area contributed by atoms with E-state index in [2.05, 4.69) is 15.7 Å². The summed E-state index contributed by atoms with van der Waals surface area (Å²) in [5.74, 6) is -0.863. The van der Waals surface area contributed by atoms with Crippen LogP contribution in [0.3, 0.4) is 0 Å². The van der Waals surface area contributed by atoms with Crippen molar-refractivity contribution in [1.82, 2.24) is 20.4 Å².